The van der Waals surface area contributed by atoms with Gasteiger partial charge in [0.2, 0.25) is 35.5 Å². The highest BCUT2D eigenvalue weighted by Gasteiger charge is 2.45. The maximum Gasteiger partial charge on any atom is 0.246 e. The molecule has 2 saturated heterocycles. The maximum absolute atomic E-state index is 14.8. The Labute approximate surface area is 507 Å². The molecular weight excluding hydrogens is 1140 g/mol. The number of carbonyl (C=O) groups excluding carboxylic acids is 5. The van der Waals surface area contributed by atoms with Crippen LogP contribution in [0.1, 0.15) is 148 Å². The van der Waals surface area contributed by atoms with Crippen LogP contribution in [0.15, 0.2) is 82.4 Å². The summed E-state index contributed by atoms with van der Waals surface area (Å²) >= 11 is 8.10. The van der Waals surface area contributed by atoms with E-state index in [1.54, 1.807) is 55.0 Å². The van der Waals surface area contributed by atoms with Crippen molar-refractivity contribution in [1.82, 2.24) is 40.7 Å². The van der Waals surface area contributed by atoms with Crippen molar-refractivity contribution in [2.75, 3.05) is 36.8 Å². The van der Waals surface area contributed by atoms with Crippen molar-refractivity contribution in [3.05, 3.63) is 110 Å². The summed E-state index contributed by atoms with van der Waals surface area (Å²) in [6.45, 7) is 19.9. The fraction of sp³-hybridized carbons (Fsp3) is 0.508. The molecule has 0 radical (unpaired) electrons. The first-order chi connectivity index (χ1) is 40.3. The summed E-state index contributed by atoms with van der Waals surface area (Å²) in [5, 5.41) is 18.5. The zero-order valence-corrected chi connectivity index (χ0v) is 52.6. The number of likely N-dealkylation sites (tertiary alicyclic amines) is 2. The first-order valence-corrected chi connectivity index (χ1v) is 31.8. The van der Waals surface area contributed by atoms with E-state index in [0.717, 1.165) is 32.8 Å². The molecule has 0 aliphatic carbocycles. The van der Waals surface area contributed by atoms with Crippen LogP contribution in [-0.4, -0.2) is 118 Å². The fourth-order valence-corrected chi connectivity index (χ4v) is 12.8. The van der Waals surface area contributed by atoms with Gasteiger partial charge in [0.25, 0.3) is 0 Å². The summed E-state index contributed by atoms with van der Waals surface area (Å²) in [7, 11) is -3.63. The van der Waals surface area contributed by atoms with Crippen LogP contribution >= 0.6 is 22.9 Å². The van der Waals surface area contributed by atoms with E-state index in [1.165, 1.54) is 11.1 Å². The average Bonchev–Trinajstić information content (AvgIpc) is 3.05. The molecular formula is C61H80ClN13O8S2. The summed E-state index contributed by atoms with van der Waals surface area (Å²) in [6.07, 6.45) is 4.45. The number of amides is 5. The number of nitrogens with zero attached hydrogens (tertiary/aromatic N) is 8. The number of nitrogens with one attached hydrogen (secondary N) is 5. The number of benzene rings is 3. The van der Waals surface area contributed by atoms with E-state index in [2.05, 4.69) is 51.6 Å². The second-order valence-electron chi connectivity index (χ2n) is 23.5. The Hall–Kier alpha value is -7.33. The molecule has 456 valence electrons. The molecule has 7 rings (SSSR count). The molecule has 4 heterocycles. The lowest BCUT2D eigenvalue weighted by Gasteiger charge is -2.35. The Kier molecular flexibility index (Phi) is 22.4. The normalized spacial score (nSPS) is 16.3. The number of rotatable bonds is 25. The van der Waals surface area contributed by atoms with Gasteiger partial charge in [0.1, 0.15) is 22.9 Å². The molecule has 1 unspecified atom stereocenters. The third-order valence-corrected chi connectivity index (χ3v) is 18.8. The quantitative estimate of drug-likeness (QED) is 0.0157. The number of hydrogen-bond acceptors (Lipinski definition) is 15. The average molecular weight is 1220 g/mol. The van der Waals surface area contributed by atoms with E-state index in [4.69, 9.17) is 21.9 Å². The van der Waals surface area contributed by atoms with Crippen LogP contribution in [0, 0.1) is 19.3 Å². The Morgan fingerprint density at radius 1 is 0.882 bits per heavy atom. The zero-order valence-electron chi connectivity index (χ0n) is 50.2. The number of hydrogen-bond donors (Lipinski definition) is 5. The summed E-state index contributed by atoms with van der Waals surface area (Å²) in [5.74, 6) is -0.414. The summed E-state index contributed by atoms with van der Waals surface area (Å²) in [4.78, 5) is 90.3. The molecule has 2 aliphatic rings. The number of halogens is 1. The largest absolute Gasteiger partial charge is 0.489 e. The molecule has 2 aromatic heterocycles. The monoisotopic (exact) mass is 1220 g/mol. The lowest BCUT2D eigenvalue weighted by molar-refractivity contribution is -0.144. The van der Waals surface area contributed by atoms with Crippen LogP contribution in [0.25, 0.3) is 20.9 Å². The Balaban J connectivity index is 0.950. The number of azide groups is 1. The predicted molar refractivity (Wildman–Crippen MR) is 332 cm³/mol. The van der Waals surface area contributed by atoms with Gasteiger partial charge in [0.15, 0.2) is 15.7 Å². The van der Waals surface area contributed by atoms with Crippen LogP contribution < -0.4 is 31.3 Å². The molecule has 5 amide bonds. The van der Waals surface area contributed by atoms with E-state index in [9.17, 15) is 32.4 Å². The molecule has 0 bridgehead atoms. The van der Waals surface area contributed by atoms with Gasteiger partial charge in [-0.1, -0.05) is 73.9 Å². The van der Waals surface area contributed by atoms with Gasteiger partial charge in [-0.05, 0) is 150 Å². The lowest BCUT2D eigenvalue weighted by atomic mass is 9.85. The molecule has 85 heavy (non-hydrogen) atoms. The van der Waals surface area contributed by atoms with Crippen molar-refractivity contribution in [3.8, 4) is 16.2 Å². The van der Waals surface area contributed by atoms with Gasteiger partial charge in [-0.3, -0.25) is 24.0 Å². The van der Waals surface area contributed by atoms with E-state index in [-0.39, 0.29) is 96.6 Å². The van der Waals surface area contributed by atoms with Crippen molar-refractivity contribution in [3.63, 3.8) is 0 Å². The minimum Gasteiger partial charge on any atom is -0.489 e. The summed E-state index contributed by atoms with van der Waals surface area (Å²) < 4.78 is 32.7. The standard InChI is InChI=1S/C61H80ClN13O8S2/c1-36(2)83-50-32-45(38(5)30-48(50)70-60-64-33-46(62)57(72-60)69-47-16-11-12-17-51(47)85(81,82)37(3)4)42-25-28-74(29-26-42)54(78)20-15-19-53(77)71-56(61(8,9)10)59(80)75-34-44(68-52(76)18-13-14-27-66-73-63)31-49(75)58(79)67-39(6)41-21-23-43(24-22-41)55-40(7)65-35-84-55/h11-12,16-17,21-24,30,32-33,35-37,39,42,44,49,56H,13-15,18-20,25-29,31,34H2,1-10H3,(H,67,79)(H,68,76)(H,71,77)(H2,64,69,70,72)/t39-,44+,49-,56?/m0/s1. The third kappa shape index (κ3) is 17.2. The highest BCUT2D eigenvalue weighted by Crippen LogP contribution is 2.39. The van der Waals surface area contributed by atoms with Gasteiger partial charge < -0.3 is 41.1 Å². The minimum atomic E-state index is -3.63. The molecule has 2 aliphatic heterocycles. The molecule has 21 nitrogen and oxygen atoms in total. The van der Waals surface area contributed by atoms with E-state index in [1.807, 2.05) is 96.7 Å². The van der Waals surface area contributed by atoms with Gasteiger partial charge in [0, 0.05) is 56.4 Å². The van der Waals surface area contributed by atoms with E-state index in [0.29, 0.717) is 55.9 Å². The second kappa shape index (κ2) is 29.2. The highest BCUT2D eigenvalue weighted by atomic mass is 35.5. The first kappa shape index (κ1) is 65.2. The maximum atomic E-state index is 14.8. The third-order valence-electron chi connectivity index (χ3n) is 15.3. The van der Waals surface area contributed by atoms with Crippen molar-refractivity contribution in [1.29, 1.82) is 0 Å². The topological polar surface area (TPSA) is 283 Å². The number of unbranched alkanes of at least 4 members (excludes halogenated alkanes) is 1. The number of sulfone groups is 1. The van der Waals surface area contributed by atoms with E-state index >= 15 is 0 Å². The number of thiazole rings is 1. The molecule has 24 heteroatoms. The van der Waals surface area contributed by atoms with Gasteiger partial charge in [0.05, 0.1) is 55.9 Å². The van der Waals surface area contributed by atoms with Crippen LogP contribution in [0.3, 0.4) is 0 Å². The summed E-state index contributed by atoms with van der Waals surface area (Å²) in [5.41, 5.74) is 15.5. The second-order valence-corrected chi connectivity index (χ2v) is 27.2. The molecule has 2 fully saturated rings. The van der Waals surface area contributed by atoms with E-state index < -0.39 is 56.5 Å². The lowest BCUT2D eigenvalue weighted by Crippen LogP contribution is -2.58. The molecule has 0 saturated carbocycles. The van der Waals surface area contributed by atoms with Gasteiger partial charge in [-0.15, -0.1) is 11.3 Å². The number of carbonyl (C=O) groups is 5. The number of para-hydroxylation sites is 1. The molecule has 5 aromatic rings. The SMILES string of the molecule is Cc1cc(Nc2ncc(Cl)c(Nc3ccccc3S(=O)(=O)C(C)C)n2)c(OC(C)C)cc1C1CCN(C(=O)CCCC(=O)NC(C(=O)N2C[C@H](NC(=O)CCCCN=[N+]=[N-])C[C@H]2C(=O)N[C@@H](C)c2ccc(-c3scnc3C)cc2)C(C)(C)C)CC1. The number of ether oxygens (including phenoxy) is 1. The summed E-state index contributed by atoms with van der Waals surface area (Å²) in [6, 6.07) is 15.6. The first-order valence-electron chi connectivity index (χ1n) is 29.0. The van der Waals surface area contributed by atoms with Gasteiger partial charge in [-0.2, -0.15) is 4.98 Å². The Morgan fingerprint density at radius 2 is 1.59 bits per heavy atom. The number of aryl methyl sites for hydroxylation is 2. The number of anilines is 4. The van der Waals surface area contributed by atoms with Crippen molar-refractivity contribution in [2.24, 2.45) is 10.5 Å². The Bertz CT molecular complexity index is 3360. The minimum absolute atomic E-state index is 0.00309. The number of aromatic nitrogens is 3. The molecule has 5 N–H and O–H groups in total. The van der Waals surface area contributed by atoms with Crippen molar-refractivity contribution in [2.45, 2.75) is 173 Å². The van der Waals surface area contributed by atoms with Gasteiger partial charge in [-0.25, -0.2) is 18.4 Å². The smallest absolute Gasteiger partial charge is 0.246 e. The van der Waals surface area contributed by atoms with Crippen molar-refractivity contribution < 1.29 is 37.1 Å². The molecule has 0 spiro atoms. The predicted octanol–water partition coefficient (Wildman–Crippen LogP) is 11.2. The fourth-order valence-electron chi connectivity index (χ4n) is 10.6. The van der Waals surface area contributed by atoms with Gasteiger partial charge >= 0.3 is 0 Å². The Morgan fingerprint density at radius 3 is 2.25 bits per heavy atom. The van der Waals surface area contributed by atoms with Crippen LogP contribution in [0.2, 0.25) is 5.02 Å². The van der Waals surface area contributed by atoms with Crippen LogP contribution in [-0.2, 0) is 33.8 Å². The molecule has 3 aromatic carbocycles. The zero-order chi connectivity index (χ0) is 61.8. The van der Waals surface area contributed by atoms with Crippen LogP contribution in [0.5, 0.6) is 5.75 Å². The highest BCUT2D eigenvalue weighted by molar-refractivity contribution is 7.92. The number of piperidine rings is 1. The molecule has 4 atom stereocenters. The van der Waals surface area contributed by atoms with Crippen molar-refractivity contribution >= 4 is 85.5 Å². The van der Waals surface area contributed by atoms with Crippen LogP contribution in [0.4, 0.5) is 23.1 Å².